The minimum Gasteiger partial charge on any atom is -0.339 e. The monoisotopic (exact) mass is 381 g/mol. The number of carbonyl (C=O) groups is 1. The average molecular weight is 382 g/mol. The first kappa shape index (κ1) is 17.0. The van der Waals surface area contributed by atoms with Crippen molar-refractivity contribution in [3.63, 3.8) is 0 Å². The molecule has 3 rings (SSSR count). The molecule has 0 saturated carbocycles. The lowest BCUT2D eigenvalue weighted by molar-refractivity contribution is -0.131. The molecule has 2 heterocycles. The zero-order chi connectivity index (χ0) is 17.3. The van der Waals surface area contributed by atoms with Crippen molar-refractivity contribution in [3.8, 4) is 0 Å². The van der Waals surface area contributed by atoms with Crippen LogP contribution in [-0.4, -0.2) is 27.4 Å². The van der Waals surface area contributed by atoms with E-state index < -0.39 is 0 Å². The summed E-state index contributed by atoms with van der Waals surface area (Å²) >= 11 is 13.6. The number of halogens is 2. The number of hydrogen-bond acceptors (Lipinski definition) is 4. The van der Waals surface area contributed by atoms with Crippen LogP contribution < -0.4 is 5.56 Å². The Labute approximate surface area is 152 Å². The summed E-state index contributed by atoms with van der Waals surface area (Å²) in [5.41, 5.74) is 0.0315. The number of fused-ring (bicyclic) bond motifs is 1. The Morgan fingerprint density at radius 3 is 2.88 bits per heavy atom. The highest BCUT2D eigenvalue weighted by molar-refractivity contribution is 7.09. The van der Waals surface area contributed by atoms with Crippen LogP contribution in [0.1, 0.15) is 4.88 Å². The second-order valence-corrected chi connectivity index (χ2v) is 7.17. The first-order valence-electron chi connectivity index (χ1n) is 7.06. The Morgan fingerprint density at radius 2 is 2.17 bits per heavy atom. The number of aromatic nitrogens is 2. The number of nitrogens with zero attached hydrogens (tertiary/aromatic N) is 3. The molecule has 5 nitrogen and oxygen atoms in total. The van der Waals surface area contributed by atoms with Crippen LogP contribution >= 0.6 is 34.5 Å². The Kier molecular flexibility index (Phi) is 4.89. The molecule has 0 saturated heterocycles. The Hall–Kier alpha value is -1.89. The molecule has 0 aliphatic rings. The van der Waals surface area contributed by atoms with Crippen LogP contribution in [0.15, 0.2) is 40.8 Å². The van der Waals surface area contributed by atoms with E-state index in [9.17, 15) is 9.59 Å². The molecule has 1 aromatic carbocycles. The molecule has 1 amide bonds. The van der Waals surface area contributed by atoms with Crippen molar-refractivity contribution >= 4 is 51.3 Å². The van der Waals surface area contributed by atoms with Gasteiger partial charge in [0.15, 0.2) is 0 Å². The minimum atomic E-state index is -0.345. The van der Waals surface area contributed by atoms with E-state index in [2.05, 4.69) is 4.98 Å². The first-order chi connectivity index (χ1) is 11.5. The molecule has 0 aliphatic heterocycles. The number of benzene rings is 1. The van der Waals surface area contributed by atoms with E-state index in [4.69, 9.17) is 23.2 Å². The van der Waals surface area contributed by atoms with E-state index in [1.54, 1.807) is 23.3 Å². The molecule has 3 aromatic rings. The number of likely N-dealkylation sites (N-methyl/N-ethyl adjacent to an activating group) is 1. The Bertz CT molecular complexity index is 954. The van der Waals surface area contributed by atoms with E-state index in [0.717, 1.165) is 4.88 Å². The third-order valence-corrected chi connectivity index (χ3v) is 4.92. The minimum absolute atomic E-state index is 0.0895. The van der Waals surface area contributed by atoms with Gasteiger partial charge in [-0.15, -0.1) is 11.3 Å². The summed E-state index contributed by atoms with van der Waals surface area (Å²) in [5.74, 6) is -0.181. The van der Waals surface area contributed by atoms with Gasteiger partial charge in [-0.2, -0.15) is 0 Å². The van der Waals surface area contributed by atoms with Crippen molar-refractivity contribution in [2.24, 2.45) is 0 Å². The van der Waals surface area contributed by atoms with Crippen LogP contribution in [0.3, 0.4) is 0 Å². The first-order valence-corrected chi connectivity index (χ1v) is 8.70. The lowest BCUT2D eigenvalue weighted by Gasteiger charge is -2.17. The van der Waals surface area contributed by atoms with Gasteiger partial charge in [-0.3, -0.25) is 14.2 Å². The molecule has 124 valence electrons. The molecule has 0 radical (unpaired) electrons. The van der Waals surface area contributed by atoms with Crippen molar-refractivity contribution in [2.75, 3.05) is 7.05 Å². The lowest BCUT2D eigenvalue weighted by atomic mass is 10.2. The number of carbonyl (C=O) groups excluding carboxylic acids is 1. The zero-order valence-electron chi connectivity index (χ0n) is 12.7. The second kappa shape index (κ2) is 6.93. The number of hydrogen-bond donors (Lipinski definition) is 0. The smallest absolute Gasteiger partial charge is 0.261 e. The van der Waals surface area contributed by atoms with Crippen LogP contribution in [0.2, 0.25) is 10.0 Å². The Balaban J connectivity index is 1.86. The van der Waals surface area contributed by atoms with E-state index in [0.29, 0.717) is 27.5 Å². The molecule has 0 N–H and O–H groups in total. The summed E-state index contributed by atoms with van der Waals surface area (Å²) in [7, 11) is 1.70. The number of rotatable bonds is 4. The third-order valence-electron chi connectivity index (χ3n) is 3.55. The molecule has 0 unspecified atom stereocenters. The molecule has 0 spiro atoms. The highest BCUT2D eigenvalue weighted by Gasteiger charge is 2.14. The van der Waals surface area contributed by atoms with Gasteiger partial charge in [0, 0.05) is 16.9 Å². The largest absolute Gasteiger partial charge is 0.339 e. The summed E-state index contributed by atoms with van der Waals surface area (Å²) in [6.07, 6.45) is 1.33. The molecular formula is C16H13Cl2N3O2S. The van der Waals surface area contributed by atoms with Gasteiger partial charge in [0.25, 0.3) is 5.56 Å². The predicted octanol–water partition coefficient (Wildman–Crippen LogP) is 3.42. The maximum absolute atomic E-state index is 12.5. The van der Waals surface area contributed by atoms with Gasteiger partial charge >= 0.3 is 0 Å². The standard InChI is InChI=1S/C16H13Cl2N3O2S/c1-20(7-11-3-2-4-24-11)14(22)8-21-9-19-15-12(16(21)23)5-10(17)6-13(15)18/h2-6,9H,7-8H2,1H3. The molecule has 24 heavy (non-hydrogen) atoms. The van der Waals surface area contributed by atoms with Crippen molar-refractivity contribution in [1.82, 2.24) is 14.5 Å². The molecule has 0 aliphatic carbocycles. The second-order valence-electron chi connectivity index (χ2n) is 5.29. The predicted molar refractivity (Wildman–Crippen MR) is 96.8 cm³/mol. The maximum Gasteiger partial charge on any atom is 0.261 e. The van der Waals surface area contributed by atoms with Crippen LogP contribution in [0, 0.1) is 0 Å². The molecule has 0 fully saturated rings. The van der Waals surface area contributed by atoms with Crippen molar-refractivity contribution < 1.29 is 4.79 Å². The zero-order valence-corrected chi connectivity index (χ0v) is 15.0. The highest BCUT2D eigenvalue weighted by atomic mass is 35.5. The van der Waals surface area contributed by atoms with Crippen LogP contribution in [0.25, 0.3) is 10.9 Å². The van der Waals surface area contributed by atoms with Gasteiger partial charge in [0.05, 0.1) is 28.8 Å². The van der Waals surface area contributed by atoms with E-state index >= 15 is 0 Å². The molecule has 0 bridgehead atoms. The summed E-state index contributed by atoms with van der Waals surface area (Å²) in [5, 5.41) is 2.91. The van der Waals surface area contributed by atoms with Crippen LogP contribution in [-0.2, 0) is 17.9 Å². The quantitative estimate of drug-likeness (QED) is 0.695. The summed E-state index contributed by atoms with van der Waals surface area (Å²) in [4.78, 5) is 31.7. The van der Waals surface area contributed by atoms with Gasteiger partial charge in [0.2, 0.25) is 5.91 Å². The maximum atomic E-state index is 12.5. The molecule has 2 aromatic heterocycles. The fourth-order valence-electron chi connectivity index (χ4n) is 2.30. The van der Waals surface area contributed by atoms with E-state index in [1.165, 1.54) is 23.0 Å². The van der Waals surface area contributed by atoms with Crippen molar-refractivity contribution in [2.45, 2.75) is 13.1 Å². The summed E-state index contributed by atoms with van der Waals surface area (Å²) < 4.78 is 1.27. The van der Waals surface area contributed by atoms with Gasteiger partial charge < -0.3 is 4.90 Å². The third kappa shape index (κ3) is 3.45. The van der Waals surface area contributed by atoms with E-state index in [1.807, 2.05) is 17.5 Å². The molecule has 0 atom stereocenters. The number of amides is 1. The van der Waals surface area contributed by atoms with Crippen molar-refractivity contribution in [1.29, 1.82) is 0 Å². The van der Waals surface area contributed by atoms with Crippen LogP contribution in [0.5, 0.6) is 0 Å². The fraction of sp³-hybridized carbons (Fsp3) is 0.188. The topological polar surface area (TPSA) is 55.2 Å². The lowest BCUT2D eigenvalue weighted by Crippen LogP contribution is -2.33. The summed E-state index contributed by atoms with van der Waals surface area (Å²) in [6, 6.07) is 6.93. The summed E-state index contributed by atoms with van der Waals surface area (Å²) in [6.45, 7) is 0.414. The van der Waals surface area contributed by atoms with Gasteiger partial charge in [-0.05, 0) is 23.6 Å². The van der Waals surface area contributed by atoms with Crippen molar-refractivity contribution in [3.05, 3.63) is 61.2 Å². The van der Waals surface area contributed by atoms with Gasteiger partial charge in [-0.1, -0.05) is 29.3 Å². The average Bonchev–Trinajstić information content (AvgIpc) is 3.03. The van der Waals surface area contributed by atoms with Gasteiger partial charge in [0.1, 0.15) is 6.54 Å². The normalized spacial score (nSPS) is 11.0. The molecule has 8 heteroatoms. The Morgan fingerprint density at radius 1 is 1.38 bits per heavy atom. The van der Waals surface area contributed by atoms with Crippen LogP contribution in [0.4, 0.5) is 0 Å². The van der Waals surface area contributed by atoms with E-state index in [-0.39, 0.29) is 18.0 Å². The van der Waals surface area contributed by atoms with Gasteiger partial charge in [-0.25, -0.2) is 4.98 Å². The fourth-order valence-corrected chi connectivity index (χ4v) is 3.60. The highest BCUT2D eigenvalue weighted by Crippen LogP contribution is 2.23. The SMILES string of the molecule is CN(Cc1cccs1)C(=O)Cn1cnc2c(Cl)cc(Cl)cc2c1=O. The number of thiophene rings is 1. The molecular weight excluding hydrogens is 369 g/mol.